The summed E-state index contributed by atoms with van der Waals surface area (Å²) in [5.41, 5.74) is 1.82. The van der Waals surface area contributed by atoms with Gasteiger partial charge in [-0.1, -0.05) is 29.0 Å². The monoisotopic (exact) mass is 430 g/mol. The molecule has 0 fully saturated rings. The molecule has 8 heteroatoms. The van der Waals surface area contributed by atoms with Gasteiger partial charge in [0.1, 0.15) is 0 Å². The minimum Gasteiger partial charge on any atom is -0.454 e. The highest BCUT2D eigenvalue weighted by Gasteiger charge is 2.12. The Balaban J connectivity index is 1.61. The van der Waals surface area contributed by atoms with Gasteiger partial charge in [0.05, 0.1) is 16.8 Å². The quantitative estimate of drug-likeness (QED) is 0.433. The lowest BCUT2D eigenvalue weighted by Gasteiger charge is -2.05. The zero-order chi connectivity index (χ0) is 20.2. The fraction of sp³-hybridized carbons (Fsp3) is 0.238. The topological polar surface area (TPSA) is 62.1 Å². The Morgan fingerprint density at radius 3 is 3.00 bits per heavy atom. The number of hydrogen-bond donors (Lipinski definition) is 0. The summed E-state index contributed by atoms with van der Waals surface area (Å²) in [4.78, 5) is 17.4. The lowest BCUT2D eigenvalue weighted by molar-refractivity contribution is -0.113. The first-order chi connectivity index (χ1) is 14.1. The molecule has 0 radical (unpaired) electrons. The molecule has 0 saturated carbocycles. The number of fused-ring (bicyclic) bond motifs is 2. The van der Waals surface area contributed by atoms with Gasteiger partial charge in [0.15, 0.2) is 16.3 Å². The SMILES string of the molecule is CCOCCn1c(=NC(=O)/C=C\c2ccc3c(c2)OCO3)sc2cc(Cl)ccc21. The Labute approximate surface area is 176 Å². The van der Waals surface area contributed by atoms with Gasteiger partial charge in [0.25, 0.3) is 5.91 Å². The predicted octanol–water partition coefficient (Wildman–Crippen LogP) is 4.26. The molecule has 0 aliphatic carbocycles. The molecular weight excluding hydrogens is 412 g/mol. The summed E-state index contributed by atoms with van der Waals surface area (Å²) in [5, 5.41) is 0.649. The van der Waals surface area contributed by atoms with Gasteiger partial charge >= 0.3 is 0 Å². The summed E-state index contributed by atoms with van der Waals surface area (Å²) in [5.74, 6) is 1.04. The van der Waals surface area contributed by atoms with E-state index in [2.05, 4.69) is 4.99 Å². The maximum atomic E-state index is 12.5. The number of nitrogens with zero attached hydrogens (tertiary/aromatic N) is 2. The third-order valence-corrected chi connectivity index (χ3v) is 5.61. The highest BCUT2D eigenvalue weighted by Crippen LogP contribution is 2.32. The van der Waals surface area contributed by atoms with E-state index in [4.69, 9.17) is 25.8 Å². The van der Waals surface area contributed by atoms with Crippen molar-refractivity contribution in [3.8, 4) is 11.5 Å². The number of hydrogen-bond acceptors (Lipinski definition) is 5. The van der Waals surface area contributed by atoms with Crippen LogP contribution in [-0.4, -0.2) is 30.5 Å². The van der Waals surface area contributed by atoms with Crippen molar-refractivity contribution in [2.45, 2.75) is 13.5 Å². The van der Waals surface area contributed by atoms with Gasteiger partial charge in [-0.15, -0.1) is 0 Å². The molecule has 6 nitrogen and oxygen atoms in total. The van der Waals surface area contributed by atoms with Crippen LogP contribution in [0.15, 0.2) is 47.5 Å². The molecule has 29 heavy (non-hydrogen) atoms. The van der Waals surface area contributed by atoms with Crippen molar-refractivity contribution in [2.75, 3.05) is 20.0 Å². The average molecular weight is 431 g/mol. The van der Waals surface area contributed by atoms with Crippen LogP contribution >= 0.6 is 22.9 Å². The van der Waals surface area contributed by atoms with E-state index in [1.165, 1.54) is 17.4 Å². The number of amides is 1. The minimum absolute atomic E-state index is 0.217. The van der Waals surface area contributed by atoms with Crippen LogP contribution in [0, 0.1) is 0 Å². The maximum absolute atomic E-state index is 12.5. The van der Waals surface area contributed by atoms with Crippen LogP contribution < -0.4 is 14.3 Å². The van der Waals surface area contributed by atoms with E-state index >= 15 is 0 Å². The molecule has 1 aliphatic rings. The fourth-order valence-electron chi connectivity index (χ4n) is 2.96. The number of halogens is 1. The number of aromatic nitrogens is 1. The van der Waals surface area contributed by atoms with Gasteiger partial charge in [-0.3, -0.25) is 4.79 Å². The molecule has 1 aliphatic heterocycles. The zero-order valence-electron chi connectivity index (χ0n) is 15.8. The number of ether oxygens (including phenoxy) is 3. The molecule has 0 atom stereocenters. The largest absolute Gasteiger partial charge is 0.454 e. The molecule has 150 valence electrons. The van der Waals surface area contributed by atoms with Gasteiger partial charge < -0.3 is 18.8 Å². The van der Waals surface area contributed by atoms with Crippen LogP contribution in [0.3, 0.4) is 0 Å². The molecule has 0 unspecified atom stereocenters. The summed E-state index contributed by atoms with van der Waals surface area (Å²) in [6, 6.07) is 11.2. The second-order valence-corrected chi connectivity index (χ2v) is 7.69. The Morgan fingerprint density at radius 1 is 1.28 bits per heavy atom. The van der Waals surface area contributed by atoms with Gasteiger partial charge in [0.2, 0.25) is 6.79 Å². The Hall–Kier alpha value is -2.61. The van der Waals surface area contributed by atoms with E-state index in [0.29, 0.717) is 41.1 Å². The van der Waals surface area contributed by atoms with Crippen molar-refractivity contribution in [3.05, 3.63) is 57.9 Å². The van der Waals surface area contributed by atoms with Crippen LogP contribution in [0.25, 0.3) is 16.3 Å². The van der Waals surface area contributed by atoms with Gasteiger partial charge in [-0.05, 0) is 48.9 Å². The van der Waals surface area contributed by atoms with Crippen molar-refractivity contribution >= 4 is 45.1 Å². The normalized spacial score (nSPS) is 13.7. The molecule has 1 aromatic heterocycles. The van der Waals surface area contributed by atoms with E-state index in [-0.39, 0.29) is 12.7 Å². The van der Waals surface area contributed by atoms with Gasteiger partial charge in [-0.2, -0.15) is 4.99 Å². The summed E-state index contributed by atoms with van der Waals surface area (Å²) in [7, 11) is 0. The predicted molar refractivity (Wildman–Crippen MR) is 113 cm³/mol. The Bertz CT molecular complexity index is 1150. The molecule has 1 amide bonds. The summed E-state index contributed by atoms with van der Waals surface area (Å²) >= 11 is 7.54. The molecule has 4 rings (SSSR count). The second kappa shape index (κ2) is 8.82. The molecule has 3 aromatic rings. The molecule has 0 spiro atoms. The standard InChI is InChI=1S/C21H19ClN2O4S/c1-2-26-10-9-24-16-6-5-15(22)12-19(16)29-21(24)23-20(25)8-4-14-3-7-17-18(11-14)28-13-27-17/h3-8,11-12H,2,9-10,13H2,1H3/b8-4-,23-21?. The first kappa shape index (κ1) is 19.7. The number of rotatable bonds is 6. The van der Waals surface area contributed by atoms with Crippen LogP contribution in [0.1, 0.15) is 12.5 Å². The molecule has 0 bridgehead atoms. The zero-order valence-corrected chi connectivity index (χ0v) is 17.3. The van der Waals surface area contributed by atoms with Crippen molar-refractivity contribution in [2.24, 2.45) is 4.99 Å². The summed E-state index contributed by atoms with van der Waals surface area (Å²) < 4.78 is 19.1. The van der Waals surface area contributed by atoms with Crippen molar-refractivity contribution in [1.29, 1.82) is 0 Å². The van der Waals surface area contributed by atoms with Crippen LogP contribution in [0.2, 0.25) is 5.02 Å². The van der Waals surface area contributed by atoms with E-state index in [0.717, 1.165) is 15.8 Å². The third kappa shape index (κ3) is 4.53. The maximum Gasteiger partial charge on any atom is 0.272 e. The Kier molecular flexibility index (Phi) is 5.99. The van der Waals surface area contributed by atoms with E-state index in [9.17, 15) is 4.79 Å². The summed E-state index contributed by atoms with van der Waals surface area (Å²) in [6.45, 7) is 3.95. The van der Waals surface area contributed by atoms with Gasteiger partial charge in [-0.25, -0.2) is 0 Å². The fourth-order valence-corrected chi connectivity index (χ4v) is 4.30. The lowest BCUT2D eigenvalue weighted by Crippen LogP contribution is -2.19. The molecule has 2 aromatic carbocycles. The van der Waals surface area contributed by atoms with Gasteiger partial charge in [0, 0.05) is 24.3 Å². The first-order valence-electron chi connectivity index (χ1n) is 9.17. The molecule has 0 saturated heterocycles. The van der Waals surface area contributed by atoms with Crippen molar-refractivity contribution < 1.29 is 19.0 Å². The first-order valence-corrected chi connectivity index (χ1v) is 10.4. The average Bonchev–Trinajstić information content (AvgIpc) is 3.30. The highest BCUT2D eigenvalue weighted by atomic mass is 35.5. The van der Waals surface area contributed by atoms with E-state index < -0.39 is 0 Å². The number of benzene rings is 2. The van der Waals surface area contributed by atoms with Crippen LogP contribution in [0.5, 0.6) is 11.5 Å². The Morgan fingerprint density at radius 2 is 2.14 bits per heavy atom. The highest BCUT2D eigenvalue weighted by molar-refractivity contribution is 7.16. The van der Waals surface area contributed by atoms with Crippen molar-refractivity contribution in [1.82, 2.24) is 4.57 Å². The number of carbonyl (C=O) groups is 1. The van der Waals surface area contributed by atoms with E-state index in [1.807, 2.05) is 47.9 Å². The molecular formula is C21H19ClN2O4S. The number of thiazole rings is 1. The van der Waals surface area contributed by atoms with Crippen molar-refractivity contribution in [3.63, 3.8) is 0 Å². The van der Waals surface area contributed by atoms with E-state index in [1.54, 1.807) is 6.08 Å². The molecule has 2 heterocycles. The summed E-state index contributed by atoms with van der Waals surface area (Å²) in [6.07, 6.45) is 3.16. The smallest absolute Gasteiger partial charge is 0.272 e. The lowest BCUT2D eigenvalue weighted by atomic mass is 10.2. The minimum atomic E-state index is -0.342. The molecule has 0 N–H and O–H groups in total. The van der Waals surface area contributed by atoms with Crippen LogP contribution in [-0.2, 0) is 16.1 Å². The third-order valence-electron chi connectivity index (χ3n) is 4.33. The second-order valence-electron chi connectivity index (χ2n) is 6.24. The number of carbonyl (C=O) groups excluding carboxylic acids is 1. The van der Waals surface area contributed by atoms with Crippen LogP contribution in [0.4, 0.5) is 0 Å².